The Labute approximate surface area is 171 Å². The first-order chi connectivity index (χ1) is 14.0. The van der Waals surface area contributed by atoms with Crippen molar-refractivity contribution in [2.24, 2.45) is 0 Å². The number of carbonyl (C=O) groups excluding carboxylic acids is 2. The van der Waals surface area contributed by atoms with E-state index in [1.54, 1.807) is 12.1 Å². The zero-order valence-electron chi connectivity index (χ0n) is 16.7. The highest BCUT2D eigenvalue weighted by atomic mass is 16.5. The first kappa shape index (κ1) is 20.3. The van der Waals surface area contributed by atoms with Crippen LogP contribution in [0, 0.1) is 0 Å². The summed E-state index contributed by atoms with van der Waals surface area (Å²) in [5.41, 5.74) is 3.05. The zero-order valence-corrected chi connectivity index (χ0v) is 16.7. The Balaban J connectivity index is 1.94. The van der Waals surface area contributed by atoms with E-state index in [9.17, 15) is 9.59 Å². The fourth-order valence-electron chi connectivity index (χ4n) is 3.07. The molecule has 0 spiro atoms. The van der Waals surface area contributed by atoms with E-state index >= 15 is 0 Å². The van der Waals surface area contributed by atoms with Gasteiger partial charge in [0.05, 0.1) is 5.56 Å². The van der Waals surface area contributed by atoms with Crippen molar-refractivity contribution in [3.8, 4) is 11.5 Å². The molecule has 0 unspecified atom stereocenters. The lowest BCUT2D eigenvalue weighted by Gasteiger charge is -2.18. The molecule has 0 atom stereocenters. The normalized spacial score (nSPS) is 10.4. The molecule has 0 fully saturated rings. The van der Waals surface area contributed by atoms with Gasteiger partial charge in [-0.05, 0) is 37.1 Å². The van der Waals surface area contributed by atoms with Crippen LogP contribution in [0.3, 0.4) is 0 Å². The predicted molar refractivity (Wildman–Crippen MR) is 112 cm³/mol. The molecular weight excluding hydrogens is 364 g/mol. The molecule has 0 aliphatic rings. The monoisotopic (exact) mass is 388 g/mol. The number of hydrogen-bond acceptors (Lipinski definition) is 4. The lowest BCUT2D eigenvalue weighted by atomic mass is 10.0. The van der Waals surface area contributed by atoms with Crippen LogP contribution < -0.4 is 9.47 Å². The molecule has 0 saturated carbocycles. The number of benzene rings is 3. The third kappa shape index (κ3) is 5.55. The summed E-state index contributed by atoms with van der Waals surface area (Å²) in [4.78, 5) is 24.2. The van der Waals surface area contributed by atoms with Crippen molar-refractivity contribution in [3.05, 3.63) is 95.1 Å². The quantitative estimate of drug-likeness (QED) is 0.474. The summed E-state index contributed by atoms with van der Waals surface area (Å²) >= 11 is 0. The standard InChI is InChI=1S/C25H24O4/c1-18(26)15-23-24(28-16-20-9-5-3-6-10-20)14-13-22(19(2)27)25(23)29-17-21-11-7-4-8-12-21/h3-14H,15-17H2,1-2H3. The number of ether oxygens (including phenoxy) is 2. The molecule has 0 heterocycles. The maximum Gasteiger partial charge on any atom is 0.163 e. The smallest absolute Gasteiger partial charge is 0.163 e. The number of hydrogen-bond donors (Lipinski definition) is 0. The highest BCUT2D eigenvalue weighted by molar-refractivity contribution is 5.98. The lowest BCUT2D eigenvalue weighted by molar-refractivity contribution is -0.116. The third-order valence-corrected chi connectivity index (χ3v) is 4.49. The van der Waals surface area contributed by atoms with Crippen LogP contribution in [-0.2, 0) is 24.4 Å². The van der Waals surface area contributed by atoms with Crippen LogP contribution in [0.5, 0.6) is 11.5 Å². The van der Waals surface area contributed by atoms with Crippen molar-refractivity contribution in [3.63, 3.8) is 0 Å². The second kappa shape index (κ2) is 9.69. The summed E-state index contributed by atoms with van der Waals surface area (Å²) in [5.74, 6) is 0.825. The highest BCUT2D eigenvalue weighted by Gasteiger charge is 2.20. The van der Waals surface area contributed by atoms with E-state index in [4.69, 9.17) is 9.47 Å². The minimum absolute atomic E-state index is 0.0279. The Hall–Kier alpha value is -3.40. The molecule has 0 saturated heterocycles. The van der Waals surface area contributed by atoms with Gasteiger partial charge >= 0.3 is 0 Å². The molecule has 0 N–H and O–H groups in total. The first-order valence-corrected chi connectivity index (χ1v) is 9.54. The van der Waals surface area contributed by atoms with Gasteiger partial charge in [-0.2, -0.15) is 0 Å². The van der Waals surface area contributed by atoms with Crippen LogP contribution >= 0.6 is 0 Å². The Morgan fingerprint density at radius 2 is 1.28 bits per heavy atom. The van der Waals surface area contributed by atoms with E-state index in [0.717, 1.165) is 11.1 Å². The van der Waals surface area contributed by atoms with Gasteiger partial charge in [0.25, 0.3) is 0 Å². The maximum atomic E-state index is 12.2. The molecule has 4 heteroatoms. The number of Topliss-reactive ketones (excluding diaryl/α,β-unsaturated/α-hetero) is 2. The van der Waals surface area contributed by atoms with Crippen molar-refractivity contribution >= 4 is 11.6 Å². The number of carbonyl (C=O) groups is 2. The number of rotatable bonds is 9. The van der Waals surface area contributed by atoms with Gasteiger partial charge in [0.2, 0.25) is 0 Å². The Bertz CT molecular complexity index is 978. The van der Waals surface area contributed by atoms with Crippen LogP contribution in [0.25, 0.3) is 0 Å². The molecule has 148 valence electrons. The van der Waals surface area contributed by atoms with Gasteiger partial charge in [-0.3, -0.25) is 9.59 Å². The van der Waals surface area contributed by atoms with Crippen molar-refractivity contribution in [1.82, 2.24) is 0 Å². The molecule has 0 aliphatic heterocycles. The molecular formula is C25H24O4. The summed E-state index contributed by atoms with van der Waals surface area (Å²) in [6, 6.07) is 22.9. The first-order valence-electron chi connectivity index (χ1n) is 9.54. The Morgan fingerprint density at radius 1 is 0.724 bits per heavy atom. The van der Waals surface area contributed by atoms with Gasteiger partial charge in [0, 0.05) is 12.0 Å². The summed E-state index contributed by atoms with van der Waals surface area (Å²) in [6.45, 7) is 3.67. The molecule has 0 aliphatic carbocycles. The molecule has 3 aromatic carbocycles. The summed E-state index contributed by atoms with van der Waals surface area (Å²) in [5, 5.41) is 0. The van der Waals surface area contributed by atoms with Crippen LogP contribution in [0.4, 0.5) is 0 Å². The van der Waals surface area contributed by atoms with Crippen molar-refractivity contribution < 1.29 is 19.1 Å². The van der Waals surface area contributed by atoms with Crippen LogP contribution in [0.1, 0.15) is 40.9 Å². The molecule has 0 aromatic heterocycles. The van der Waals surface area contributed by atoms with Crippen LogP contribution in [0.2, 0.25) is 0 Å². The fraction of sp³-hybridized carbons (Fsp3) is 0.200. The van der Waals surface area contributed by atoms with Crippen LogP contribution in [-0.4, -0.2) is 11.6 Å². The molecule has 29 heavy (non-hydrogen) atoms. The minimum atomic E-state index is -0.118. The largest absolute Gasteiger partial charge is 0.488 e. The highest BCUT2D eigenvalue weighted by Crippen LogP contribution is 2.34. The van der Waals surface area contributed by atoms with Crippen molar-refractivity contribution in [2.75, 3.05) is 0 Å². The van der Waals surface area contributed by atoms with Gasteiger partial charge in [-0.15, -0.1) is 0 Å². The molecule has 3 aromatic rings. The molecule has 3 rings (SSSR count). The van der Waals surface area contributed by atoms with E-state index < -0.39 is 0 Å². The molecule has 0 radical (unpaired) electrons. The Morgan fingerprint density at radius 3 is 1.79 bits per heavy atom. The average molecular weight is 388 g/mol. The SMILES string of the molecule is CC(=O)Cc1c(OCc2ccccc2)ccc(C(C)=O)c1OCc1ccccc1. The van der Waals surface area contributed by atoms with E-state index in [1.807, 2.05) is 60.7 Å². The van der Waals surface area contributed by atoms with E-state index in [2.05, 4.69) is 0 Å². The van der Waals surface area contributed by atoms with Gasteiger partial charge in [-0.25, -0.2) is 0 Å². The topological polar surface area (TPSA) is 52.6 Å². The molecule has 4 nitrogen and oxygen atoms in total. The van der Waals surface area contributed by atoms with Gasteiger partial charge in [0.1, 0.15) is 30.5 Å². The maximum absolute atomic E-state index is 12.2. The van der Waals surface area contributed by atoms with Gasteiger partial charge in [0.15, 0.2) is 5.78 Å². The summed E-state index contributed by atoms with van der Waals surface area (Å²) in [6.07, 6.45) is 0.134. The van der Waals surface area contributed by atoms with E-state index in [0.29, 0.717) is 35.8 Å². The fourth-order valence-corrected chi connectivity index (χ4v) is 3.07. The Kier molecular flexibility index (Phi) is 6.80. The molecule has 0 bridgehead atoms. The zero-order chi connectivity index (χ0) is 20.6. The third-order valence-electron chi connectivity index (χ3n) is 4.49. The predicted octanol–water partition coefficient (Wildman–Crippen LogP) is 5.18. The van der Waals surface area contributed by atoms with E-state index in [-0.39, 0.29) is 18.0 Å². The van der Waals surface area contributed by atoms with Gasteiger partial charge in [-0.1, -0.05) is 60.7 Å². The number of ketones is 2. The van der Waals surface area contributed by atoms with Crippen molar-refractivity contribution in [2.45, 2.75) is 33.5 Å². The van der Waals surface area contributed by atoms with Gasteiger partial charge < -0.3 is 9.47 Å². The lowest BCUT2D eigenvalue weighted by Crippen LogP contribution is -2.10. The summed E-state index contributed by atoms with van der Waals surface area (Å²) < 4.78 is 12.1. The van der Waals surface area contributed by atoms with Crippen LogP contribution in [0.15, 0.2) is 72.8 Å². The van der Waals surface area contributed by atoms with Crippen molar-refractivity contribution in [1.29, 1.82) is 0 Å². The molecule has 0 amide bonds. The second-order valence-corrected chi connectivity index (χ2v) is 6.90. The second-order valence-electron chi connectivity index (χ2n) is 6.90. The summed E-state index contributed by atoms with van der Waals surface area (Å²) in [7, 11) is 0. The average Bonchev–Trinajstić information content (AvgIpc) is 2.72. The minimum Gasteiger partial charge on any atom is -0.488 e. The van der Waals surface area contributed by atoms with E-state index in [1.165, 1.54) is 13.8 Å².